The Balaban J connectivity index is 2.18. The lowest BCUT2D eigenvalue weighted by atomic mass is 9.94. The molecule has 2 aromatic carbocycles. The predicted octanol–water partition coefficient (Wildman–Crippen LogP) is 3.99. The summed E-state index contributed by atoms with van der Waals surface area (Å²) in [5, 5.41) is 5.51. The number of hydrogen-bond acceptors (Lipinski definition) is 2. The number of hydrogen-bond donors (Lipinski definition) is 1. The molecule has 1 heterocycles. The van der Waals surface area contributed by atoms with Crippen LogP contribution >= 0.6 is 0 Å². The zero-order valence-electron chi connectivity index (χ0n) is 12.1. The molecule has 0 saturated carbocycles. The van der Waals surface area contributed by atoms with Crippen molar-refractivity contribution >= 4 is 10.8 Å². The van der Waals surface area contributed by atoms with Crippen molar-refractivity contribution in [3.05, 3.63) is 77.4 Å². The van der Waals surface area contributed by atoms with Crippen molar-refractivity contribution in [2.45, 2.75) is 13.0 Å². The quantitative estimate of drug-likeness (QED) is 0.784. The average Bonchev–Trinajstić information content (AvgIpc) is 2.47. The minimum atomic E-state index is -0.205. The van der Waals surface area contributed by atoms with Crippen molar-refractivity contribution in [1.82, 2.24) is 10.3 Å². The van der Waals surface area contributed by atoms with Gasteiger partial charge in [-0.2, -0.15) is 0 Å². The summed E-state index contributed by atoms with van der Waals surface area (Å²) in [6.45, 7) is 1.91. The Hall–Kier alpha value is -2.26. The molecule has 0 aliphatic rings. The summed E-state index contributed by atoms with van der Waals surface area (Å²) in [6, 6.07) is 13.2. The van der Waals surface area contributed by atoms with E-state index < -0.39 is 0 Å². The zero-order valence-corrected chi connectivity index (χ0v) is 12.1. The van der Waals surface area contributed by atoms with Crippen LogP contribution in [-0.2, 0) is 0 Å². The van der Waals surface area contributed by atoms with Gasteiger partial charge in [0.2, 0.25) is 0 Å². The first-order valence-corrected chi connectivity index (χ1v) is 6.96. The number of halogens is 1. The first kappa shape index (κ1) is 13.7. The first-order chi connectivity index (χ1) is 10.2. The van der Waals surface area contributed by atoms with Crippen LogP contribution in [0.3, 0.4) is 0 Å². The molecule has 0 spiro atoms. The summed E-state index contributed by atoms with van der Waals surface area (Å²) >= 11 is 0. The molecule has 0 bridgehead atoms. The average molecular weight is 280 g/mol. The Bertz CT molecular complexity index is 758. The van der Waals surface area contributed by atoms with Crippen molar-refractivity contribution in [2.24, 2.45) is 0 Å². The number of aryl methyl sites for hydroxylation is 1. The highest BCUT2D eigenvalue weighted by Gasteiger charge is 2.15. The van der Waals surface area contributed by atoms with E-state index in [1.165, 1.54) is 0 Å². The minimum Gasteiger partial charge on any atom is -0.309 e. The van der Waals surface area contributed by atoms with Crippen LogP contribution in [0.2, 0.25) is 0 Å². The van der Waals surface area contributed by atoms with E-state index in [-0.39, 0.29) is 11.9 Å². The fourth-order valence-corrected chi connectivity index (χ4v) is 2.82. The number of rotatable bonds is 3. The lowest BCUT2D eigenvalue weighted by Crippen LogP contribution is -2.18. The van der Waals surface area contributed by atoms with E-state index in [0.29, 0.717) is 0 Å². The third kappa shape index (κ3) is 2.65. The Kier molecular flexibility index (Phi) is 3.67. The van der Waals surface area contributed by atoms with Crippen molar-refractivity contribution in [3.8, 4) is 0 Å². The highest BCUT2D eigenvalue weighted by Crippen LogP contribution is 2.29. The van der Waals surface area contributed by atoms with Gasteiger partial charge in [0.15, 0.2) is 0 Å². The molecule has 0 amide bonds. The third-order valence-electron chi connectivity index (χ3n) is 3.71. The monoisotopic (exact) mass is 280 g/mol. The fourth-order valence-electron chi connectivity index (χ4n) is 2.82. The van der Waals surface area contributed by atoms with Crippen LogP contribution in [0.25, 0.3) is 10.8 Å². The molecule has 1 unspecified atom stereocenters. The maximum absolute atomic E-state index is 13.7. The van der Waals surface area contributed by atoms with Crippen LogP contribution in [0, 0.1) is 12.7 Å². The van der Waals surface area contributed by atoms with E-state index in [1.54, 1.807) is 18.3 Å². The number of nitrogens with zero attached hydrogens (tertiary/aromatic N) is 1. The second-order valence-corrected chi connectivity index (χ2v) is 5.23. The van der Waals surface area contributed by atoms with Gasteiger partial charge in [-0.15, -0.1) is 0 Å². The largest absolute Gasteiger partial charge is 0.309 e. The Morgan fingerprint density at radius 1 is 1.14 bits per heavy atom. The number of fused-ring (bicyclic) bond motifs is 1. The standard InChI is InChI=1S/C18H17FN2/c1-12-8-14(10-15(19)9-12)18(20-2)16-5-3-4-13-6-7-21-11-17(13)16/h3-11,18,20H,1-2H3. The molecule has 2 nitrogen and oxygen atoms in total. The third-order valence-corrected chi connectivity index (χ3v) is 3.71. The molecular formula is C18H17FN2. The maximum Gasteiger partial charge on any atom is 0.123 e. The summed E-state index contributed by atoms with van der Waals surface area (Å²) in [7, 11) is 1.89. The molecule has 3 heteroatoms. The van der Waals surface area contributed by atoms with Gasteiger partial charge in [0.25, 0.3) is 0 Å². The molecule has 3 rings (SSSR count). The molecule has 1 N–H and O–H groups in total. The first-order valence-electron chi connectivity index (χ1n) is 6.96. The topological polar surface area (TPSA) is 24.9 Å². The molecule has 0 aliphatic heterocycles. The SMILES string of the molecule is CNC(c1cc(C)cc(F)c1)c1cccc2ccncc12. The van der Waals surface area contributed by atoms with E-state index in [4.69, 9.17) is 0 Å². The number of nitrogens with one attached hydrogen (secondary N) is 1. The van der Waals surface area contributed by atoms with E-state index in [0.717, 1.165) is 27.5 Å². The summed E-state index contributed by atoms with van der Waals surface area (Å²) in [4.78, 5) is 4.22. The molecule has 1 atom stereocenters. The van der Waals surface area contributed by atoms with Crippen molar-refractivity contribution in [2.75, 3.05) is 7.05 Å². The van der Waals surface area contributed by atoms with Crippen molar-refractivity contribution in [3.63, 3.8) is 0 Å². The zero-order chi connectivity index (χ0) is 14.8. The minimum absolute atomic E-state index is 0.0627. The van der Waals surface area contributed by atoms with Crippen LogP contribution < -0.4 is 5.32 Å². The van der Waals surface area contributed by atoms with Crippen LogP contribution in [0.15, 0.2) is 54.9 Å². The highest BCUT2D eigenvalue weighted by molar-refractivity contribution is 5.85. The fraction of sp³-hybridized carbons (Fsp3) is 0.167. The van der Waals surface area contributed by atoms with Crippen molar-refractivity contribution in [1.29, 1.82) is 0 Å². The maximum atomic E-state index is 13.7. The summed E-state index contributed by atoms with van der Waals surface area (Å²) in [5.74, 6) is -0.205. The number of aromatic nitrogens is 1. The van der Waals surface area contributed by atoms with Crippen LogP contribution in [0.4, 0.5) is 4.39 Å². The molecule has 0 saturated heterocycles. The molecule has 0 fully saturated rings. The Morgan fingerprint density at radius 3 is 2.76 bits per heavy atom. The lowest BCUT2D eigenvalue weighted by molar-refractivity contribution is 0.616. The van der Waals surface area contributed by atoms with E-state index in [2.05, 4.69) is 22.4 Å². The van der Waals surface area contributed by atoms with Crippen LogP contribution in [-0.4, -0.2) is 12.0 Å². The van der Waals surface area contributed by atoms with Gasteiger partial charge in [-0.3, -0.25) is 4.98 Å². The van der Waals surface area contributed by atoms with Crippen LogP contribution in [0.5, 0.6) is 0 Å². The molecule has 21 heavy (non-hydrogen) atoms. The van der Waals surface area contributed by atoms with Gasteiger partial charge >= 0.3 is 0 Å². The van der Waals surface area contributed by atoms with E-state index >= 15 is 0 Å². The smallest absolute Gasteiger partial charge is 0.123 e. The van der Waals surface area contributed by atoms with E-state index in [9.17, 15) is 4.39 Å². The van der Waals surface area contributed by atoms with Gasteiger partial charge in [-0.1, -0.05) is 24.3 Å². The Morgan fingerprint density at radius 2 is 2.00 bits per heavy atom. The van der Waals surface area contributed by atoms with Gasteiger partial charge in [-0.25, -0.2) is 4.39 Å². The van der Waals surface area contributed by atoms with Gasteiger partial charge in [0.1, 0.15) is 5.82 Å². The molecule has 3 aromatic rings. The summed E-state index contributed by atoms with van der Waals surface area (Å²) < 4.78 is 13.7. The van der Waals surface area contributed by atoms with Gasteiger partial charge < -0.3 is 5.32 Å². The summed E-state index contributed by atoms with van der Waals surface area (Å²) in [6.07, 6.45) is 3.65. The van der Waals surface area contributed by atoms with Gasteiger partial charge in [-0.05, 0) is 54.2 Å². The number of benzene rings is 2. The summed E-state index contributed by atoms with van der Waals surface area (Å²) in [5.41, 5.74) is 2.95. The molecule has 0 aliphatic carbocycles. The van der Waals surface area contributed by atoms with Crippen molar-refractivity contribution < 1.29 is 4.39 Å². The second kappa shape index (κ2) is 5.62. The second-order valence-electron chi connectivity index (χ2n) is 5.23. The molecular weight excluding hydrogens is 263 g/mol. The van der Waals surface area contributed by atoms with Crippen LogP contribution in [0.1, 0.15) is 22.7 Å². The molecule has 106 valence electrons. The van der Waals surface area contributed by atoms with E-state index in [1.807, 2.05) is 38.4 Å². The molecule has 0 radical (unpaired) electrons. The van der Waals surface area contributed by atoms with Gasteiger partial charge in [0.05, 0.1) is 6.04 Å². The predicted molar refractivity (Wildman–Crippen MR) is 83.8 cm³/mol. The normalized spacial score (nSPS) is 12.5. The number of pyridine rings is 1. The molecule has 1 aromatic heterocycles. The lowest BCUT2D eigenvalue weighted by Gasteiger charge is -2.19. The highest BCUT2D eigenvalue weighted by atomic mass is 19.1. The Labute approximate surface area is 123 Å². The van der Waals surface area contributed by atoms with Gasteiger partial charge in [0, 0.05) is 17.8 Å².